The summed E-state index contributed by atoms with van der Waals surface area (Å²) in [5, 5.41) is 15.3. The van der Waals surface area contributed by atoms with E-state index >= 15 is 0 Å². The fourth-order valence-electron chi connectivity index (χ4n) is 4.61. The Morgan fingerprint density at radius 3 is 2.65 bits per heavy atom. The Kier molecular flexibility index (Phi) is 5.94. The van der Waals surface area contributed by atoms with E-state index < -0.39 is 5.60 Å². The number of nitrogens with zero attached hydrogens (tertiary/aromatic N) is 2. The Balaban J connectivity index is 1.14. The lowest BCUT2D eigenvalue weighted by molar-refractivity contribution is -0.0283. The van der Waals surface area contributed by atoms with Gasteiger partial charge in [-0.2, -0.15) is 0 Å². The van der Waals surface area contributed by atoms with E-state index in [1.165, 1.54) is 6.42 Å². The molecule has 6 heteroatoms. The van der Waals surface area contributed by atoms with E-state index in [4.69, 9.17) is 13.7 Å². The van der Waals surface area contributed by atoms with Gasteiger partial charge >= 0.3 is 0 Å². The van der Waals surface area contributed by atoms with Crippen molar-refractivity contribution in [1.29, 1.82) is 0 Å². The maximum Gasteiger partial charge on any atom is 0.140 e. The number of aromatic nitrogens is 1. The molecule has 2 aromatic heterocycles. The van der Waals surface area contributed by atoms with Gasteiger partial charge in [-0.05, 0) is 44.2 Å². The first kappa shape index (κ1) is 20.5. The zero-order chi connectivity index (χ0) is 21.1. The van der Waals surface area contributed by atoms with E-state index in [1.54, 1.807) is 0 Å². The van der Waals surface area contributed by atoms with Crippen LogP contribution < -0.4 is 0 Å². The molecule has 164 valence electrons. The van der Waals surface area contributed by atoms with Crippen LogP contribution >= 0.6 is 0 Å². The molecule has 1 atom stereocenters. The number of ether oxygens (including phenoxy) is 1. The van der Waals surface area contributed by atoms with Gasteiger partial charge in [0.2, 0.25) is 0 Å². The van der Waals surface area contributed by atoms with Gasteiger partial charge in [-0.25, -0.2) is 0 Å². The molecule has 3 aromatic rings. The van der Waals surface area contributed by atoms with Crippen LogP contribution in [0.3, 0.4) is 0 Å². The van der Waals surface area contributed by atoms with Crippen molar-refractivity contribution in [3.63, 3.8) is 0 Å². The minimum atomic E-state index is -0.756. The Hall–Kier alpha value is -2.41. The highest BCUT2D eigenvalue weighted by Gasteiger charge is 2.34. The molecule has 0 unspecified atom stereocenters. The smallest absolute Gasteiger partial charge is 0.140 e. The summed E-state index contributed by atoms with van der Waals surface area (Å²) in [5.74, 6) is 2.65. The van der Waals surface area contributed by atoms with E-state index in [9.17, 15) is 5.11 Å². The molecular weight excluding hydrogens is 392 g/mol. The van der Waals surface area contributed by atoms with Crippen LogP contribution in [0.5, 0.6) is 0 Å². The van der Waals surface area contributed by atoms with Crippen LogP contribution in [0.2, 0.25) is 0 Å². The van der Waals surface area contributed by atoms with Crippen molar-refractivity contribution in [2.24, 2.45) is 0 Å². The predicted molar refractivity (Wildman–Crippen MR) is 116 cm³/mol. The molecule has 1 N–H and O–H groups in total. The summed E-state index contributed by atoms with van der Waals surface area (Å²) in [7, 11) is 0. The van der Waals surface area contributed by atoms with Crippen LogP contribution in [0.4, 0.5) is 0 Å². The molecule has 5 rings (SSSR count). The SMILES string of the molecule is OC1(Cc2cc(-c3ccccc3)no2)CCN(Cc2ccc([C@H]3CCCCO3)o2)CC1. The molecular formula is C25H30N2O4. The van der Waals surface area contributed by atoms with Crippen LogP contribution in [0, 0.1) is 0 Å². The van der Waals surface area contributed by atoms with Crippen molar-refractivity contribution in [3.05, 3.63) is 65.8 Å². The topological polar surface area (TPSA) is 71.9 Å². The number of likely N-dealkylation sites (tertiary alicyclic amines) is 1. The highest BCUT2D eigenvalue weighted by atomic mass is 16.5. The van der Waals surface area contributed by atoms with Crippen molar-refractivity contribution in [3.8, 4) is 11.3 Å². The van der Waals surface area contributed by atoms with E-state index in [-0.39, 0.29) is 6.10 Å². The number of piperidine rings is 1. The van der Waals surface area contributed by atoms with Crippen LogP contribution in [-0.2, 0) is 17.7 Å². The van der Waals surface area contributed by atoms with E-state index in [0.717, 1.165) is 67.6 Å². The molecule has 0 spiro atoms. The van der Waals surface area contributed by atoms with Gasteiger partial charge in [0.1, 0.15) is 29.1 Å². The van der Waals surface area contributed by atoms with Gasteiger partial charge in [-0.3, -0.25) is 4.90 Å². The van der Waals surface area contributed by atoms with Gasteiger partial charge in [0.25, 0.3) is 0 Å². The average molecular weight is 423 g/mol. The number of hydrogen-bond donors (Lipinski definition) is 1. The summed E-state index contributed by atoms with van der Waals surface area (Å²) < 4.78 is 17.4. The summed E-state index contributed by atoms with van der Waals surface area (Å²) in [6.45, 7) is 3.24. The molecule has 0 saturated carbocycles. The van der Waals surface area contributed by atoms with E-state index in [1.807, 2.05) is 36.4 Å². The fourth-order valence-corrected chi connectivity index (χ4v) is 4.61. The van der Waals surface area contributed by atoms with Gasteiger partial charge in [-0.15, -0.1) is 0 Å². The second kappa shape index (κ2) is 8.99. The Labute approximate surface area is 182 Å². The van der Waals surface area contributed by atoms with Gasteiger partial charge in [-0.1, -0.05) is 35.5 Å². The van der Waals surface area contributed by atoms with Crippen LogP contribution in [0.1, 0.15) is 55.5 Å². The summed E-state index contributed by atoms with van der Waals surface area (Å²) >= 11 is 0. The largest absolute Gasteiger partial charge is 0.462 e. The lowest BCUT2D eigenvalue weighted by Crippen LogP contribution is -2.45. The first-order valence-electron chi connectivity index (χ1n) is 11.3. The van der Waals surface area contributed by atoms with Crippen LogP contribution in [0.15, 0.2) is 57.5 Å². The molecule has 0 amide bonds. The number of hydrogen-bond acceptors (Lipinski definition) is 6. The van der Waals surface area contributed by atoms with Gasteiger partial charge < -0.3 is 18.8 Å². The number of rotatable bonds is 6. The van der Waals surface area contributed by atoms with E-state index in [0.29, 0.717) is 19.3 Å². The summed E-state index contributed by atoms with van der Waals surface area (Å²) in [5.41, 5.74) is 1.08. The first-order valence-corrected chi connectivity index (χ1v) is 11.3. The van der Waals surface area contributed by atoms with Gasteiger partial charge in [0, 0.05) is 37.7 Å². The lowest BCUT2D eigenvalue weighted by Gasteiger charge is -2.37. The highest BCUT2D eigenvalue weighted by molar-refractivity contribution is 5.58. The predicted octanol–water partition coefficient (Wildman–Crippen LogP) is 4.75. The molecule has 6 nitrogen and oxygen atoms in total. The maximum atomic E-state index is 11.1. The quantitative estimate of drug-likeness (QED) is 0.618. The fraction of sp³-hybridized carbons (Fsp3) is 0.480. The molecule has 1 aromatic carbocycles. The standard InChI is InChI=1S/C25H30N2O4/c28-25(17-21-16-22(26-31-21)19-6-2-1-3-7-19)11-13-27(14-12-25)18-20-9-10-24(30-20)23-8-4-5-15-29-23/h1-3,6-7,9-10,16,23,28H,4-5,8,11-15,17-18H2/t23-/m1/s1. The second-order valence-corrected chi connectivity index (χ2v) is 8.88. The summed E-state index contributed by atoms with van der Waals surface area (Å²) in [4.78, 5) is 2.34. The Bertz CT molecular complexity index is 966. The van der Waals surface area contributed by atoms with Crippen molar-refractivity contribution in [2.45, 2.75) is 56.8 Å². The molecule has 2 aliphatic heterocycles. The third-order valence-corrected chi connectivity index (χ3v) is 6.48. The van der Waals surface area contributed by atoms with Crippen molar-refractivity contribution >= 4 is 0 Å². The molecule has 31 heavy (non-hydrogen) atoms. The van der Waals surface area contributed by atoms with Crippen molar-refractivity contribution in [1.82, 2.24) is 10.1 Å². The monoisotopic (exact) mass is 422 g/mol. The lowest BCUT2D eigenvalue weighted by atomic mass is 9.87. The molecule has 0 aliphatic carbocycles. The van der Waals surface area contributed by atoms with Crippen molar-refractivity contribution < 1.29 is 18.8 Å². The highest BCUT2D eigenvalue weighted by Crippen LogP contribution is 2.31. The van der Waals surface area contributed by atoms with Crippen LogP contribution in [0.25, 0.3) is 11.3 Å². The molecule has 2 saturated heterocycles. The third kappa shape index (κ3) is 4.92. The Morgan fingerprint density at radius 1 is 1.03 bits per heavy atom. The normalized spacial score (nSPS) is 21.9. The first-order chi connectivity index (χ1) is 15.2. The van der Waals surface area contributed by atoms with Gasteiger partial charge in [0.05, 0.1) is 12.1 Å². The molecule has 0 radical (unpaired) electrons. The van der Waals surface area contributed by atoms with E-state index in [2.05, 4.69) is 22.2 Å². The molecule has 0 bridgehead atoms. The second-order valence-electron chi connectivity index (χ2n) is 8.88. The summed E-state index contributed by atoms with van der Waals surface area (Å²) in [6, 6.07) is 16.0. The number of benzene rings is 1. The summed E-state index contributed by atoms with van der Waals surface area (Å²) in [6.07, 6.45) is 5.38. The molecule has 2 aliphatic rings. The third-order valence-electron chi connectivity index (χ3n) is 6.48. The zero-order valence-corrected chi connectivity index (χ0v) is 17.8. The molecule has 4 heterocycles. The molecule has 2 fully saturated rings. The zero-order valence-electron chi connectivity index (χ0n) is 17.8. The maximum absolute atomic E-state index is 11.1. The Morgan fingerprint density at radius 2 is 1.87 bits per heavy atom. The van der Waals surface area contributed by atoms with Crippen LogP contribution in [-0.4, -0.2) is 40.5 Å². The number of furan rings is 1. The average Bonchev–Trinajstić information content (AvgIpc) is 3.47. The minimum absolute atomic E-state index is 0.108. The minimum Gasteiger partial charge on any atom is -0.462 e. The number of aliphatic hydroxyl groups is 1. The van der Waals surface area contributed by atoms with Gasteiger partial charge in [0.15, 0.2) is 0 Å². The van der Waals surface area contributed by atoms with Crippen molar-refractivity contribution in [2.75, 3.05) is 19.7 Å².